The number of ether oxygens (including phenoxy) is 1. The summed E-state index contributed by atoms with van der Waals surface area (Å²) >= 11 is 1.48. The molecular formula is C24H19NO3S. The van der Waals surface area contributed by atoms with Crippen molar-refractivity contribution < 1.29 is 14.3 Å². The summed E-state index contributed by atoms with van der Waals surface area (Å²) in [5, 5.41) is 4.04. The van der Waals surface area contributed by atoms with Gasteiger partial charge < -0.3 is 10.1 Å². The van der Waals surface area contributed by atoms with Gasteiger partial charge in [-0.1, -0.05) is 42.5 Å². The van der Waals surface area contributed by atoms with Gasteiger partial charge in [-0.15, -0.1) is 11.3 Å². The molecule has 144 valence electrons. The van der Waals surface area contributed by atoms with Crippen LogP contribution in [0, 0.1) is 0 Å². The predicted molar refractivity (Wildman–Crippen MR) is 118 cm³/mol. The second kappa shape index (κ2) is 8.29. The molecule has 0 saturated heterocycles. The highest BCUT2D eigenvalue weighted by Gasteiger charge is 2.11. The Balaban J connectivity index is 1.52. The first kappa shape index (κ1) is 18.9. The number of carbonyl (C=O) groups excluding carboxylic acids is 2. The zero-order chi connectivity index (χ0) is 20.2. The van der Waals surface area contributed by atoms with Gasteiger partial charge in [0.25, 0.3) is 5.91 Å². The number of rotatable bonds is 5. The Hall–Kier alpha value is -3.44. The lowest BCUT2D eigenvalue weighted by Crippen LogP contribution is -2.09. The first-order valence-corrected chi connectivity index (χ1v) is 10.1. The first-order chi connectivity index (χ1) is 14.1. The van der Waals surface area contributed by atoms with Gasteiger partial charge in [0.05, 0.1) is 17.0 Å². The van der Waals surface area contributed by atoms with E-state index in [4.69, 9.17) is 4.74 Å². The van der Waals surface area contributed by atoms with Crippen molar-refractivity contribution in [3.63, 3.8) is 0 Å². The molecule has 1 N–H and O–H groups in total. The minimum absolute atomic E-state index is 0.124. The average Bonchev–Trinajstić information content (AvgIpc) is 3.19. The maximum Gasteiger partial charge on any atom is 0.338 e. The molecule has 0 aliphatic heterocycles. The molecule has 4 rings (SSSR count). The number of nitrogens with one attached hydrogen (secondary N) is 1. The third kappa shape index (κ3) is 4.20. The number of hydrogen-bond acceptors (Lipinski definition) is 4. The number of carbonyl (C=O) groups is 2. The Morgan fingerprint density at radius 3 is 2.45 bits per heavy atom. The smallest absolute Gasteiger partial charge is 0.338 e. The van der Waals surface area contributed by atoms with Crippen LogP contribution in [0.2, 0.25) is 0 Å². The lowest BCUT2D eigenvalue weighted by molar-refractivity contribution is 0.0526. The van der Waals surface area contributed by atoms with Crippen LogP contribution in [0.4, 0.5) is 5.69 Å². The molecule has 1 amide bonds. The monoisotopic (exact) mass is 401 g/mol. The van der Waals surface area contributed by atoms with Crippen molar-refractivity contribution >= 4 is 39.0 Å². The quantitative estimate of drug-likeness (QED) is 0.418. The van der Waals surface area contributed by atoms with Gasteiger partial charge in [0.15, 0.2) is 0 Å². The molecule has 0 saturated carbocycles. The van der Waals surface area contributed by atoms with E-state index in [2.05, 4.69) is 5.32 Å². The lowest BCUT2D eigenvalue weighted by Gasteiger charge is -2.08. The zero-order valence-electron chi connectivity index (χ0n) is 15.8. The molecule has 0 fully saturated rings. The van der Waals surface area contributed by atoms with E-state index < -0.39 is 0 Å². The summed E-state index contributed by atoms with van der Waals surface area (Å²) < 4.78 is 6.11. The van der Waals surface area contributed by atoms with E-state index in [9.17, 15) is 9.59 Å². The van der Waals surface area contributed by atoms with Crippen molar-refractivity contribution in [2.45, 2.75) is 6.92 Å². The van der Waals surface area contributed by atoms with E-state index in [1.54, 1.807) is 19.1 Å². The number of esters is 1. The Bertz CT molecular complexity index is 1150. The molecule has 0 aliphatic rings. The summed E-state index contributed by atoms with van der Waals surface area (Å²) in [5.41, 5.74) is 3.15. The largest absolute Gasteiger partial charge is 0.462 e. The molecule has 0 atom stereocenters. The highest BCUT2D eigenvalue weighted by Crippen LogP contribution is 2.27. The normalized spacial score (nSPS) is 10.7. The lowest BCUT2D eigenvalue weighted by atomic mass is 10.0. The zero-order valence-corrected chi connectivity index (χ0v) is 16.7. The van der Waals surface area contributed by atoms with Gasteiger partial charge >= 0.3 is 5.97 Å². The summed E-state index contributed by atoms with van der Waals surface area (Å²) in [7, 11) is 0. The van der Waals surface area contributed by atoms with Gasteiger partial charge in [-0.05, 0) is 59.8 Å². The summed E-state index contributed by atoms with van der Waals surface area (Å²) in [6.07, 6.45) is 0. The van der Waals surface area contributed by atoms with Crippen molar-refractivity contribution in [2.24, 2.45) is 0 Å². The van der Waals surface area contributed by atoms with E-state index in [1.165, 1.54) is 11.3 Å². The van der Waals surface area contributed by atoms with Gasteiger partial charge in [-0.3, -0.25) is 4.79 Å². The Morgan fingerprint density at radius 2 is 1.69 bits per heavy atom. The standard InChI is InChI=1S/C24H19NO3S/c1-2-28-24(27)17-12-10-16(11-13-17)18-7-5-8-20(14-18)25-23(26)22-15-19-6-3-4-9-21(19)29-22/h3-15H,2H2,1H3,(H,25,26). The Kier molecular flexibility index (Phi) is 5.40. The molecule has 0 radical (unpaired) electrons. The maximum atomic E-state index is 12.7. The van der Waals surface area contributed by atoms with Crippen molar-refractivity contribution in [2.75, 3.05) is 11.9 Å². The fraction of sp³-hybridized carbons (Fsp3) is 0.0833. The molecule has 3 aromatic carbocycles. The molecule has 0 spiro atoms. The maximum absolute atomic E-state index is 12.7. The highest BCUT2D eigenvalue weighted by molar-refractivity contribution is 7.20. The van der Waals surface area contributed by atoms with Crippen molar-refractivity contribution in [1.82, 2.24) is 0 Å². The van der Waals surface area contributed by atoms with Crippen molar-refractivity contribution in [3.05, 3.63) is 89.3 Å². The predicted octanol–water partition coefficient (Wildman–Crippen LogP) is 6.00. The number of thiophene rings is 1. The first-order valence-electron chi connectivity index (χ1n) is 9.31. The number of amides is 1. The highest BCUT2D eigenvalue weighted by atomic mass is 32.1. The fourth-order valence-electron chi connectivity index (χ4n) is 3.08. The van der Waals surface area contributed by atoms with Crippen LogP contribution in [-0.2, 0) is 4.74 Å². The van der Waals surface area contributed by atoms with Crippen LogP contribution in [0.25, 0.3) is 21.2 Å². The van der Waals surface area contributed by atoms with E-state index in [0.717, 1.165) is 26.9 Å². The third-order valence-electron chi connectivity index (χ3n) is 4.50. The summed E-state index contributed by atoms with van der Waals surface area (Å²) in [6, 6.07) is 24.7. The molecule has 0 unspecified atom stereocenters. The van der Waals surface area contributed by atoms with Crippen molar-refractivity contribution in [3.8, 4) is 11.1 Å². The second-order valence-electron chi connectivity index (χ2n) is 6.48. The van der Waals surface area contributed by atoms with Crippen LogP contribution in [0.1, 0.15) is 27.0 Å². The molecule has 4 aromatic rings. The minimum atomic E-state index is -0.330. The second-order valence-corrected chi connectivity index (χ2v) is 7.57. The Labute approximate surface area is 172 Å². The molecule has 1 aromatic heterocycles. The number of anilines is 1. The summed E-state index contributed by atoms with van der Waals surface area (Å²) in [6.45, 7) is 2.13. The van der Waals surface area contributed by atoms with Crippen molar-refractivity contribution in [1.29, 1.82) is 0 Å². The Morgan fingerprint density at radius 1 is 0.897 bits per heavy atom. The van der Waals surface area contributed by atoms with E-state index >= 15 is 0 Å². The summed E-state index contributed by atoms with van der Waals surface area (Å²) in [5.74, 6) is -0.454. The topological polar surface area (TPSA) is 55.4 Å². The fourth-order valence-corrected chi connectivity index (χ4v) is 4.03. The van der Waals surface area contributed by atoms with E-state index in [-0.39, 0.29) is 11.9 Å². The van der Waals surface area contributed by atoms with Crippen LogP contribution in [-0.4, -0.2) is 18.5 Å². The molecule has 4 nitrogen and oxygen atoms in total. The van der Waals surface area contributed by atoms with Gasteiger partial charge in [-0.25, -0.2) is 4.79 Å². The van der Waals surface area contributed by atoms with E-state index in [0.29, 0.717) is 17.0 Å². The molecule has 1 heterocycles. The SMILES string of the molecule is CCOC(=O)c1ccc(-c2cccc(NC(=O)c3cc4ccccc4s3)c2)cc1. The van der Waals surface area contributed by atoms with Crippen LogP contribution in [0.3, 0.4) is 0 Å². The van der Waals surface area contributed by atoms with Gasteiger partial charge in [0, 0.05) is 10.4 Å². The number of hydrogen-bond donors (Lipinski definition) is 1. The van der Waals surface area contributed by atoms with E-state index in [1.807, 2.05) is 66.7 Å². The van der Waals surface area contributed by atoms with Crippen LogP contribution < -0.4 is 5.32 Å². The number of benzene rings is 3. The van der Waals surface area contributed by atoms with Crippen LogP contribution in [0.5, 0.6) is 0 Å². The minimum Gasteiger partial charge on any atom is -0.462 e. The van der Waals surface area contributed by atoms with Crippen LogP contribution in [0.15, 0.2) is 78.9 Å². The molecule has 0 bridgehead atoms. The molecule has 5 heteroatoms. The molecule has 0 aliphatic carbocycles. The van der Waals surface area contributed by atoms with Gasteiger partial charge in [0.2, 0.25) is 0 Å². The molecular weight excluding hydrogens is 382 g/mol. The third-order valence-corrected chi connectivity index (χ3v) is 5.61. The molecule has 29 heavy (non-hydrogen) atoms. The van der Waals surface area contributed by atoms with Crippen LogP contribution >= 0.6 is 11.3 Å². The van der Waals surface area contributed by atoms with Gasteiger partial charge in [-0.2, -0.15) is 0 Å². The van der Waals surface area contributed by atoms with Gasteiger partial charge in [0.1, 0.15) is 0 Å². The summed E-state index contributed by atoms with van der Waals surface area (Å²) in [4.78, 5) is 25.1. The average molecular weight is 401 g/mol. The number of fused-ring (bicyclic) bond motifs is 1.